The van der Waals surface area contributed by atoms with Crippen LogP contribution >= 0.6 is 11.6 Å². The molecule has 0 aliphatic carbocycles. The van der Waals surface area contributed by atoms with Crippen LogP contribution in [0.2, 0.25) is 5.02 Å². The molecule has 1 heterocycles. The van der Waals surface area contributed by atoms with Crippen molar-refractivity contribution in [2.24, 2.45) is 0 Å². The number of hydrogen-bond acceptors (Lipinski definition) is 6. The molecule has 0 unspecified atom stereocenters. The third-order valence-electron chi connectivity index (χ3n) is 4.36. The maximum Gasteiger partial charge on any atom is 0.347 e. The molecule has 3 rings (SSSR count). The van der Waals surface area contributed by atoms with Crippen LogP contribution in [0.4, 0.5) is 0 Å². The molecule has 0 saturated heterocycles. The molecule has 1 atom stereocenters. The summed E-state index contributed by atoms with van der Waals surface area (Å²) in [5.41, 5.74) is 1.21. The van der Waals surface area contributed by atoms with E-state index in [-0.39, 0.29) is 56.0 Å². The van der Waals surface area contributed by atoms with Crippen molar-refractivity contribution in [2.45, 2.75) is 26.9 Å². The van der Waals surface area contributed by atoms with Crippen molar-refractivity contribution in [1.82, 2.24) is 0 Å². The van der Waals surface area contributed by atoms with E-state index in [2.05, 4.69) is 6.58 Å². The first-order valence-corrected chi connectivity index (χ1v) is 8.17. The van der Waals surface area contributed by atoms with Crippen LogP contribution in [-0.4, -0.2) is 27.4 Å². The molecule has 0 saturated carbocycles. The highest BCUT2D eigenvalue weighted by molar-refractivity contribution is 6.33. The normalized spacial score (nSPS) is 13.8. The number of benzene rings is 2. The molecule has 7 heteroatoms. The minimum atomic E-state index is -0.927. The van der Waals surface area contributed by atoms with E-state index in [0.29, 0.717) is 5.56 Å². The molecule has 1 aliphatic heterocycles. The summed E-state index contributed by atoms with van der Waals surface area (Å²) < 4.78 is 11.3. The van der Waals surface area contributed by atoms with Gasteiger partial charge < -0.3 is 24.8 Å². The van der Waals surface area contributed by atoms with Gasteiger partial charge in [-0.25, -0.2) is 4.79 Å². The van der Waals surface area contributed by atoms with Gasteiger partial charge in [0.05, 0.1) is 11.1 Å². The highest BCUT2D eigenvalue weighted by atomic mass is 35.5. The molecular formula is C19H17ClO6. The van der Waals surface area contributed by atoms with Gasteiger partial charge in [0.15, 0.2) is 11.5 Å². The van der Waals surface area contributed by atoms with Crippen molar-refractivity contribution >= 4 is 23.1 Å². The van der Waals surface area contributed by atoms with Gasteiger partial charge in [0.25, 0.3) is 0 Å². The van der Waals surface area contributed by atoms with E-state index in [1.54, 1.807) is 13.8 Å². The number of rotatable bonds is 2. The van der Waals surface area contributed by atoms with Gasteiger partial charge in [-0.15, -0.1) is 0 Å². The Hall–Kier alpha value is -2.70. The van der Waals surface area contributed by atoms with Crippen molar-refractivity contribution in [3.8, 4) is 28.7 Å². The second kappa shape index (κ2) is 6.23. The molecule has 0 spiro atoms. The third-order valence-corrected chi connectivity index (χ3v) is 4.84. The van der Waals surface area contributed by atoms with E-state index in [1.807, 2.05) is 0 Å². The lowest BCUT2D eigenvalue weighted by atomic mass is 9.99. The maximum absolute atomic E-state index is 12.6. The van der Waals surface area contributed by atoms with Crippen LogP contribution in [0.15, 0.2) is 18.7 Å². The third kappa shape index (κ3) is 2.67. The number of esters is 1. The molecule has 0 aromatic heterocycles. The van der Waals surface area contributed by atoms with Gasteiger partial charge in [0.1, 0.15) is 22.8 Å². The van der Waals surface area contributed by atoms with Crippen LogP contribution in [0.25, 0.3) is 5.57 Å². The number of aromatic hydroxyl groups is 2. The van der Waals surface area contributed by atoms with Gasteiger partial charge in [-0.2, -0.15) is 0 Å². The lowest BCUT2D eigenvalue weighted by Crippen LogP contribution is -2.10. The van der Waals surface area contributed by atoms with Crippen LogP contribution < -0.4 is 9.47 Å². The zero-order chi connectivity index (χ0) is 19.3. The van der Waals surface area contributed by atoms with Gasteiger partial charge in [-0.05, 0) is 38.0 Å². The van der Waals surface area contributed by atoms with Crippen LogP contribution in [-0.2, 0) is 0 Å². The molecule has 6 nitrogen and oxygen atoms in total. The maximum atomic E-state index is 12.6. The van der Waals surface area contributed by atoms with Crippen molar-refractivity contribution < 1.29 is 29.6 Å². The zero-order valence-corrected chi connectivity index (χ0v) is 15.1. The average molecular weight is 377 g/mol. The molecule has 3 N–H and O–H groups in total. The number of carbonyl (C=O) groups is 1. The fourth-order valence-electron chi connectivity index (χ4n) is 2.74. The fourth-order valence-corrected chi connectivity index (χ4v) is 2.89. The summed E-state index contributed by atoms with van der Waals surface area (Å²) in [6.07, 6.45) is -0.927. The van der Waals surface area contributed by atoms with Gasteiger partial charge in [-0.3, -0.25) is 0 Å². The van der Waals surface area contributed by atoms with E-state index in [0.717, 1.165) is 0 Å². The Bertz CT molecular complexity index is 961. The first-order chi connectivity index (χ1) is 12.1. The number of carbonyl (C=O) groups excluding carboxylic acids is 1. The number of ether oxygens (including phenoxy) is 2. The van der Waals surface area contributed by atoms with E-state index in [9.17, 15) is 20.1 Å². The summed E-state index contributed by atoms with van der Waals surface area (Å²) in [6.45, 7) is 8.44. The summed E-state index contributed by atoms with van der Waals surface area (Å²) in [5, 5.41) is 30.1. The SMILES string of the molecule is C=C(c1cc(O)c(C)c2c1Oc1cc(O)c(Cl)c(C)c1C(=O)O2)[C@H](C)O. The Morgan fingerprint density at radius 3 is 2.38 bits per heavy atom. The topological polar surface area (TPSA) is 96.2 Å². The van der Waals surface area contributed by atoms with Gasteiger partial charge in [0, 0.05) is 17.2 Å². The van der Waals surface area contributed by atoms with Crippen LogP contribution in [0.3, 0.4) is 0 Å². The molecule has 26 heavy (non-hydrogen) atoms. The molecule has 2 aromatic carbocycles. The molecule has 136 valence electrons. The van der Waals surface area contributed by atoms with Crippen molar-refractivity contribution in [2.75, 3.05) is 0 Å². The number of aliphatic hydroxyl groups excluding tert-OH is 1. The van der Waals surface area contributed by atoms with E-state index in [1.165, 1.54) is 19.1 Å². The molecule has 0 fully saturated rings. The minimum absolute atomic E-state index is 0.0120. The van der Waals surface area contributed by atoms with Crippen LogP contribution in [0, 0.1) is 13.8 Å². The van der Waals surface area contributed by atoms with Gasteiger partial charge in [-0.1, -0.05) is 18.2 Å². The van der Waals surface area contributed by atoms with Crippen molar-refractivity contribution in [3.63, 3.8) is 0 Å². The van der Waals surface area contributed by atoms with E-state index >= 15 is 0 Å². The predicted octanol–water partition coefficient (Wildman–Crippen LogP) is 4.09. The van der Waals surface area contributed by atoms with Gasteiger partial charge in [0.2, 0.25) is 0 Å². The Kier molecular flexibility index (Phi) is 4.34. The quantitative estimate of drug-likeness (QED) is 0.539. The summed E-state index contributed by atoms with van der Waals surface area (Å²) in [7, 11) is 0. The number of phenols is 2. The van der Waals surface area contributed by atoms with Gasteiger partial charge >= 0.3 is 5.97 Å². The molecule has 0 radical (unpaired) electrons. The second-order valence-electron chi connectivity index (χ2n) is 6.13. The zero-order valence-electron chi connectivity index (χ0n) is 14.4. The summed E-state index contributed by atoms with van der Waals surface area (Å²) in [4.78, 5) is 12.6. The first-order valence-electron chi connectivity index (χ1n) is 7.79. The van der Waals surface area contributed by atoms with Crippen LogP contribution in [0.5, 0.6) is 28.7 Å². The van der Waals surface area contributed by atoms with E-state index in [4.69, 9.17) is 21.1 Å². The lowest BCUT2D eigenvalue weighted by molar-refractivity contribution is 0.0735. The number of aliphatic hydroxyl groups is 1. The molecule has 1 aliphatic rings. The minimum Gasteiger partial charge on any atom is -0.508 e. The van der Waals surface area contributed by atoms with Crippen LogP contribution in [0.1, 0.15) is 34.0 Å². The molecular weight excluding hydrogens is 360 g/mol. The smallest absolute Gasteiger partial charge is 0.347 e. The summed E-state index contributed by atoms with van der Waals surface area (Å²) in [5.74, 6) is -0.943. The average Bonchev–Trinajstić information content (AvgIpc) is 2.72. The number of hydrogen-bond donors (Lipinski definition) is 3. The standard InChI is InChI=1S/C19H17ClO6/c1-7(10(4)21)11-5-12(22)8(2)17-18(11)25-14-6-13(23)16(20)9(3)15(14)19(24)26-17/h5-6,10,21-23H,1H2,2-4H3/t10-/m0/s1. The number of halogens is 1. The Labute approximate surface area is 154 Å². The highest BCUT2D eigenvalue weighted by Gasteiger charge is 2.32. The Balaban J connectivity index is 2.33. The number of fused-ring (bicyclic) bond motifs is 2. The Morgan fingerprint density at radius 1 is 1.12 bits per heavy atom. The largest absolute Gasteiger partial charge is 0.508 e. The molecule has 0 bridgehead atoms. The highest BCUT2D eigenvalue weighted by Crippen LogP contribution is 2.49. The predicted molar refractivity (Wildman–Crippen MR) is 96.4 cm³/mol. The van der Waals surface area contributed by atoms with Crippen molar-refractivity contribution in [1.29, 1.82) is 0 Å². The summed E-state index contributed by atoms with van der Waals surface area (Å²) >= 11 is 6.02. The lowest BCUT2D eigenvalue weighted by Gasteiger charge is -2.18. The number of phenolic OH excluding ortho intramolecular Hbond substituents is 2. The van der Waals surface area contributed by atoms with Crippen molar-refractivity contribution in [3.05, 3.63) is 46.0 Å². The first kappa shape index (κ1) is 18.1. The molecule has 0 amide bonds. The second-order valence-corrected chi connectivity index (χ2v) is 6.51. The fraction of sp³-hybridized carbons (Fsp3) is 0.211. The summed E-state index contributed by atoms with van der Waals surface area (Å²) in [6, 6.07) is 2.60. The van der Waals surface area contributed by atoms with E-state index < -0.39 is 12.1 Å². The monoisotopic (exact) mass is 376 g/mol. The molecule has 2 aromatic rings. The Morgan fingerprint density at radius 2 is 1.77 bits per heavy atom.